The van der Waals surface area contributed by atoms with Crippen molar-refractivity contribution < 1.29 is 4.79 Å². The molecule has 0 fully saturated rings. The Kier molecular flexibility index (Phi) is 4.96. The molecule has 0 saturated heterocycles. The van der Waals surface area contributed by atoms with Gasteiger partial charge in [-0.15, -0.1) is 0 Å². The standard InChI is InChI=1S/C24H21N3O2/c1-3-27-21-7-5-4-6-20(21)26-22(24(27)29)17-10-12-18(13-11-17)23(28)25-19-14-8-16(2)9-15-19/h4-15H,3H2,1-2H3,(H,25,28). The summed E-state index contributed by atoms with van der Waals surface area (Å²) in [5, 5.41) is 2.88. The van der Waals surface area contributed by atoms with Gasteiger partial charge in [-0.3, -0.25) is 9.59 Å². The Labute approximate surface area is 168 Å². The maximum atomic E-state index is 12.9. The van der Waals surface area contributed by atoms with Crippen molar-refractivity contribution in [3.63, 3.8) is 0 Å². The van der Waals surface area contributed by atoms with Gasteiger partial charge in [0.25, 0.3) is 11.5 Å². The third kappa shape index (κ3) is 3.67. The molecule has 144 valence electrons. The van der Waals surface area contributed by atoms with Crippen LogP contribution in [0.15, 0.2) is 77.6 Å². The number of para-hydroxylation sites is 2. The molecule has 0 aliphatic rings. The Bertz CT molecular complexity index is 1240. The number of aromatic nitrogens is 2. The normalized spacial score (nSPS) is 10.8. The van der Waals surface area contributed by atoms with E-state index in [1.165, 1.54) is 0 Å². The topological polar surface area (TPSA) is 64.0 Å². The number of fused-ring (bicyclic) bond motifs is 1. The molecule has 0 unspecified atom stereocenters. The van der Waals surface area contributed by atoms with Crippen LogP contribution in [-0.4, -0.2) is 15.5 Å². The highest BCUT2D eigenvalue weighted by Crippen LogP contribution is 2.19. The highest BCUT2D eigenvalue weighted by molar-refractivity contribution is 6.04. The highest BCUT2D eigenvalue weighted by atomic mass is 16.1. The van der Waals surface area contributed by atoms with Gasteiger partial charge in [0.15, 0.2) is 0 Å². The minimum atomic E-state index is -0.196. The third-order valence-electron chi connectivity index (χ3n) is 4.90. The molecule has 0 saturated carbocycles. The summed E-state index contributed by atoms with van der Waals surface area (Å²) in [6, 6.07) is 22.2. The summed E-state index contributed by atoms with van der Waals surface area (Å²) in [4.78, 5) is 30.0. The molecular weight excluding hydrogens is 362 g/mol. The lowest BCUT2D eigenvalue weighted by molar-refractivity contribution is 0.102. The van der Waals surface area contributed by atoms with Gasteiger partial charge in [-0.1, -0.05) is 42.0 Å². The first-order chi connectivity index (χ1) is 14.1. The molecule has 1 N–H and O–H groups in total. The van der Waals surface area contributed by atoms with Crippen LogP contribution >= 0.6 is 0 Å². The Morgan fingerprint density at radius 1 is 0.966 bits per heavy atom. The van der Waals surface area contributed by atoms with Crippen molar-refractivity contribution in [1.29, 1.82) is 0 Å². The zero-order chi connectivity index (χ0) is 20.4. The number of nitrogens with zero attached hydrogens (tertiary/aromatic N) is 2. The Balaban J connectivity index is 1.66. The predicted octanol–water partition coefficient (Wildman–Crippen LogP) is 4.64. The average molecular weight is 383 g/mol. The molecule has 0 atom stereocenters. The predicted molar refractivity (Wildman–Crippen MR) is 116 cm³/mol. The molecule has 1 heterocycles. The van der Waals surface area contributed by atoms with Gasteiger partial charge in [0.2, 0.25) is 0 Å². The van der Waals surface area contributed by atoms with Gasteiger partial charge in [0.05, 0.1) is 11.0 Å². The van der Waals surface area contributed by atoms with E-state index in [9.17, 15) is 9.59 Å². The molecule has 0 radical (unpaired) electrons. The largest absolute Gasteiger partial charge is 0.322 e. The Hall–Kier alpha value is -3.73. The molecule has 0 aliphatic heterocycles. The number of benzene rings is 3. The molecule has 4 rings (SSSR count). The monoisotopic (exact) mass is 383 g/mol. The fraction of sp³-hybridized carbons (Fsp3) is 0.125. The molecule has 5 nitrogen and oxygen atoms in total. The van der Waals surface area contributed by atoms with E-state index in [2.05, 4.69) is 10.3 Å². The van der Waals surface area contributed by atoms with Crippen LogP contribution in [0.4, 0.5) is 5.69 Å². The summed E-state index contributed by atoms with van der Waals surface area (Å²) >= 11 is 0. The number of nitrogens with one attached hydrogen (secondary N) is 1. The molecule has 29 heavy (non-hydrogen) atoms. The van der Waals surface area contributed by atoms with E-state index >= 15 is 0 Å². The van der Waals surface area contributed by atoms with E-state index in [0.717, 1.165) is 22.3 Å². The second-order valence-electron chi connectivity index (χ2n) is 6.90. The van der Waals surface area contributed by atoms with Crippen LogP contribution in [0.5, 0.6) is 0 Å². The van der Waals surface area contributed by atoms with Crippen LogP contribution < -0.4 is 10.9 Å². The molecule has 4 aromatic rings. The minimum absolute atomic E-state index is 0.136. The summed E-state index contributed by atoms with van der Waals surface area (Å²) in [7, 11) is 0. The van der Waals surface area contributed by atoms with Gasteiger partial charge in [-0.25, -0.2) is 4.98 Å². The van der Waals surface area contributed by atoms with Gasteiger partial charge in [0.1, 0.15) is 5.69 Å². The van der Waals surface area contributed by atoms with Gasteiger partial charge in [-0.2, -0.15) is 0 Å². The second kappa shape index (κ2) is 7.72. The first-order valence-corrected chi connectivity index (χ1v) is 9.55. The van der Waals surface area contributed by atoms with Gasteiger partial charge in [0, 0.05) is 23.4 Å². The van der Waals surface area contributed by atoms with Crippen molar-refractivity contribution in [2.24, 2.45) is 0 Å². The van der Waals surface area contributed by atoms with E-state index in [4.69, 9.17) is 0 Å². The SMILES string of the molecule is CCn1c(=O)c(-c2ccc(C(=O)Nc3ccc(C)cc3)cc2)nc2ccccc21. The Morgan fingerprint density at radius 2 is 1.66 bits per heavy atom. The van der Waals surface area contributed by atoms with E-state index in [0.29, 0.717) is 23.4 Å². The number of hydrogen-bond donors (Lipinski definition) is 1. The van der Waals surface area contributed by atoms with Gasteiger partial charge in [-0.05, 0) is 50.2 Å². The number of aryl methyl sites for hydroxylation is 2. The number of amides is 1. The van der Waals surface area contributed by atoms with Crippen LogP contribution in [0.2, 0.25) is 0 Å². The fourth-order valence-electron chi connectivity index (χ4n) is 3.31. The molecule has 0 spiro atoms. The molecular formula is C24H21N3O2. The van der Waals surface area contributed by atoms with Gasteiger partial charge >= 0.3 is 0 Å². The van der Waals surface area contributed by atoms with Crippen molar-refractivity contribution in [3.8, 4) is 11.3 Å². The summed E-state index contributed by atoms with van der Waals surface area (Å²) in [5.74, 6) is -0.196. The zero-order valence-corrected chi connectivity index (χ0v) is 16.3. The number of carbonyl (C=O) groups is 1. The van der Waals surface area contributed by atoms with Crippen LogP contribution in [0.3, 0.4) is 0 Å². The quantitative estimate of drug-likeness (QED) is 0.558. The van der Waals surface area contributed by atoms with Crippen molar-refractivity contribution in [2.45, 2.75) is 20.4 Å². The fourth-order valence-corrected chi connectivity index (χ4v) is 3.31. The van der Waals surface area contributed by atoms with E-state index in [1.807, 2.05) is 62.4 Å². The Morgan fingerprint density at radius 3 is 2.34 bits per heavy atom. The lowest BCUT2D eigenvalue weighted by Gasteiger charge is -2.11. The van der Waals surface area contributed by atoms with E-state index < -0.39 is 0 Å². The smallest absolute Gasteiger partial charge is 0.277 e. The van der Waals surface area contributed by atoms with Crippen LogP contribution in [0, 0.1) is 6.92 Å². The maximum Gasteiger partial charge on any atom is 0.277 e. The second-order valence-corrected chi connectivity index (χ2v) is 6.90. The van der Waals surface area contributed by atoms with E-state index in [-0.39, 0.29) is 11.5 Å². The summed E-state index contributed by atoms with van der Waals surface area (Å²) in [5.41, 5.74) is 4.92. The van der Waals surface area contributed by atoms with Crippen molar-refractivity contribution in [2.75, 3.05) is 5.32 Å². The molecule has 1 amide bonds. The van der Waals surface area contributed by atoms with Crippen LogP contribution in [-0.2, 0) is 6.54 Å². The lowest BCUT2D eigenvalue weighted by atomic mass is 10.1. The molecule has 1 aromatic heterocycles. The summed E-state index contributed by atoms with van der Waals surface area (Å²) in [6.07, 6.45) is 0. The lowest BCUT2D eigenvalue weighted by Crippen LogP contribution is -2.23. The average Bonchev–Trinajstić information content (AvgIpc) is 2.75. The zero-order valence-electron chi connectivity index (χ0n) is 16.3. The molecule has 5 heteroatoms. The summed E-state index contributed by atoms with van der Waals surface area (Å²) in [6.45, 7) is 4.50. The number of hydrogen-bond acceptors (Lipinski definition) is 3. The van der Waals surface area contributed by atoms with Gasteiger partial charge < -0.3 is 9.88 Å². The molecule has 0 aliphatic carbocycles. The number of anilines is 1. The highest BCUT2D eigenvalue weighted by Gasteiger charge is 2.13. The van der Waals surface area contributed by atoms with Crippen molar-refractivity contribution in [1.82, 2.24) is 9.55 Å². The summed E-state index contributed by atoms with van der Waals surface area (Å²) < 4.78 is 1.72. The van der Waals surface area contributed by atoms with Crippen molar-refractivity contribution in [3.05, 3.63) is 94.3 Å². The van der Waals surface area contributed by atoms with Crippen LogP contribution in [0.1, 0.15) is 22.8 Å². The molecule has 0 bridgehead atoms. The van der Waals surface area contributed by atoms with Crippen LogP contribution in [0.25, 0.3) is 22.3 Å². The third-order valence-corrected chi connectivity index (χ3v) is 4.90. The van der Waals surface area contributed by atoms with E-state index in [1.54, 1.807) is 28.8 Å². The number of carbonyl (C=O) groups excluding carboxylic acids is 1. The number of rotatable bonds is 4. The first kappa shape index (κ1) is 18.6. The minimum Gasteiger partial charge on any atom is -0.322 e. The van der Waals surface area contributed by atoms with Crippen molar-refractivity contribution >= 4 is 22.6 Å². The maximum absolute atomic E-state index is 12.9. The molecule has 3 aromatic carbocycles. The first-order valence-electron chi connectivity index (χ1n) is 9.55.